The summed E-state index contributed by atoms with van der Waals surface area (Å²) in [5.74, 6) is 1.42. The van der Waals surface area contributed by atoms with Crippen LogP contribution < -0.4 is 9.47 Å². The first-order valence-electron chi connectivity index (χ1n) is 9.61. The lowest BCUT2D eigenvalue weighted by Crippen LogP contribution is -2.47. The molecule has 3 heterocycles. The fraction of sp³-hybridized carbons (Fsp3) is 0.318. The lowest BCUT2D eigenvalue weighted by molar-refractivity contribution is -0.385. The molecule has 2 aliphatic heterocycles. The van der Waals surface area contributed by atoms with Gasteiger partial charge >= 0.3 is 0 Å². The molecule has 0 spiro atoms. The Labute approximate surface area is 168 Å². The van der Waals surface area contributed by atoms with Crippen LogP contribution in [0.1, 0.15) is 29.3 Å². The number of ether oxygens (including phenoxy) is 2. The summed E-state index contributed by atoms with van der Waals surface area (Å²) >= 11 is 0. The highest BCUT2D eigenvalue weighted by Crippen LogP contribution is 2.53. The maximum Gasteiger partial charge on any atom is 0.270 e. The Hall–Kier alpha value is -3.35. The second-order valence-electron chi connectivity index (χ2n) is 7.97. The van der Waals surface area contributed by atoms with E-state index in [0.29, 0.717) is 24.8 Å². The number of nitro benzene ring substituents is 1. The summed E-state index contributed by atoms with van der Waals surface area (Å²) in [5, 5.41) is 16.2. The maximum absolute atomic E-state index is 11.4. The predicted octanol–water partition coefficient (Wildman–Crippen LogP) is 4.10. The molecule has 0 aliphatic carbocycles. The van der Waals surface area contributed by atoms with Crippen molar-refractivity contribution >= 4 is 5.69 Å². The van der Waals surface area contributed by atoms with Gasteiger partial charge < -0.3 is 9.47 Å². The minimum atomic E-state index is -0.486. The van der Waals surface area contributed by atoms with Crippen LogP contribution in [0.15, 0.2) is 42.5 Å². The van der Waals surface area contributed by atoms with E-state index in [1.807, 2.05) is 42.8 Å². The molecule has 0 saturated heterocycles. The molecular weight excluding hydrogens is 370 g/mol. The number of hydrogen-bond donors (Lipinski definition) is 0. The molecule has 0 N–H and O–H groups in total. The second-order valence-corrected chi connectivity index (χ2v) is 7.97. The van der Waals surface area contributed by atoms with E-state index in [1.165, 1.54) is 11.6 Å². The van der Waals surface area contributed by atoms with Crippen LogP contribution in [0, 0.1) is 29.9 Å². The van der Waals surface area contributed by atoms with Crippen LogP contribution in [0.5, 0.6) is 11.6 Å². The summed E-state index contributed by atoms with van der Waals surface area (Å²) in [7, 11) is 0. The second kappa shape index (κ2) is 6.07. The first kappa shape index (κ1) is 17.7. The molecule has 3 aromatic rings. The Morgan fingerprint density at radius 1 is 1.14 bits per heavy atom. The van der Waals surface area contributed by atoms with Gasteiger partial charge in [-0.1, -0.05) is 24.6 Å². The van der Waals surface area contributed by atoms with Crippen LogP contribution in [0.2, 0.25) is 0 Å². The van der Waals surface area contributed by atoms with Gasteiger partial charge in [-0.05, 0) is 32.0 Å². The Morgan fingerprint density at radius 3 is 2.59 bits per heavy atom. The highest BCUT2D eigenvalue weighted by molar-refractivity contribution is 5.59. The number of aryl methyl sites for hydroxylation is 2. The molecule has 0 unspecified atom stereocenters. The highest BCUT2D eigenvalue weighted by Gasteiger charge is 2.51. The van der Waals surface area contributed by atoms with Gasteiger partial charge in [-0.2, -0.15) is 5.10 Å². The number of nitro groups is 1. The summed E-state index contributed by atoms with van der Waals surface area (Å²) in [6.45, 7) is 7.09. The first-order valence-corrected chi connectivity index (χ1v) is 9.61. The van der Waals surface area contributed by atoms with E-state index in [-0.39, 0.29) is 16.5 Å². The van der Waals surface area contributed by atoms with Crippen LogP contribution in [-0.2, 0) is 5.41 Å². The Bertz CT molecular complexity index is 1140. The molecule has 0 bridgehead atoms. The van der Waals surface area contributed by atoms with Crippen LogP contribution in [0.25, 0.3) is 5.69 Å². The predicted molar refractivity (Wildman–Crippen MR) is 107 cm³/mol. The van der Waals surface area contributed by atoms with Gasteiger partial charge in [0, 0.05) is 34.6 Å². The van der Waals surface area contributed by atoms with E-state index in [2.05, 4.69) is 6.92 Å². The minimum Gasteiger partial charge on any atom is -0.493 e. The van der Waals surface area contributed by atoms with Crippen molar-refractivity contribution in [3.05, 3.63) is 75.0 Å². The molecule has 0 fully saturated rings. The Kier molecular flexibility index (Phi) is 3.71. The summed E-state index contributed by atoms with van der Waals surface area (Å²) in [6.07, 6.45) is 0. The molecule has 7 nitrogen and oxygen atoms in total. The number of hydrogen-bond acceptors (Lipinski definition) is 5. The minimum absolute atomic E-state index is 0.0406. The van der Waals surface area contributed by atoms with Crippen molar-refractivity contribution in [3.63, 3.8) is 0 Å². The fourth-order valence-electron chi connectivity index (χ4n) is 4.57. The van der Waals surface area contributed by atoms with Gasteiger partial charge in [-0.3, -0.25) is 10.1 Å². The number of aromatic nitrogens is 2. The van der Waals surface area contributed by atoms with Gasteiger partial charge in [0.1, 0.15) is 5.75 Å². The fourth-order valence-corrected chi connectivity index (χ4v) is 4.57. The van der Waals surface area contributed by atoms with E-state index < -0.39 is 5.41 Å². The highest BCUT2D eigenvalue weighted by atomic mass is 16.6. The van der Waals surface area contributed by atoms with E-state index in [9.17, 15) is 10.1 Å². The number of nitrogens with zero attached hydrogens (tertiary/aromatic N) is 3. The van der Waals surface area contributed by atoms with Gasteiger partial charge in [0.05, 0.1) is 29.5 Å². The molecular formula is C22H21N3O4. The zero-order valence-electron chi connectivity index (χ0n) is 16.5. The van der Waals surface area contributed by atoms with Crippen molar-refractivity contribution in [2.24, 2.45) is 5.92 Å². The van der Waals surface area contributed by atoms with Crippen molar-refractivity contribution in [2.75, 3.05) is 13.2 Å². The SMILES string of the molecule is Cc1ccc(-n2nc(C)c3c2OC[C@H]2COc4ccc([N+](=O)[O-])cc4[C@@]32C)cc1. The third-order valence-electron chi connectivity index (χ3n) is 6.23. The summed E-state index contributed by atoms with van der Waals surface area (Å²) in [6, 6.07) is 12.9. The number of benzene rings is 2. The van der Waals surface area contributed by atoms with Crippen LogP contribution in [-0.4, -0.2) is 27.9 Å². The quantitative estimate of drug-likeness (QED) is 0.485. The average Bonchev–Trinajstić information content (AvgIpc) is 3.05. The number of non-ortho nitro benzene ring substituents is 1. The molecule has 2 atom stereocenters. The van der Waals surface area contributed by atoms with Crippen molar-refractivity contribution in [2.45, 2.75) is 26.2 Å². The maximum atomic E-state index is 11.4. The van der Waals surface area contributed by atoms with Crippen molar-refractivity contribution in [1.82, 2.24) is 9.78 Å². The molecule has 2 aliphatic rings. The molecule has 0 radical (unpaired) electrons. The van der Waals surface area contributed by atoms with Gasteiger partial charge in [-0.15, -0.1) is 0 Å². The normalized spacial score (nSPS) is 22.0. The van der Waals surface area contributed by atoms with Gasteiger partial charge in [0.25, 0.3) is 5.69 Å². The van der Waals surface area contributed by atoms with Crippen LogP contribution in [0.3, 0.4) is 0 Å². The van der Waals surface area contributed by atoms with Crippen molar-refractivity contribution < 1.29 is 14.4 Å². The topological polar surface area (TPSA) is 79.4 Å². The van der Waals surface area contributed by atoms with E-state index >= 15 is 0 Å². The largest absolute Gasteiger partial charge is 0.493 e. The third-order valence-corrected chi connectivity index (χ3v) is 6.23. The molecule has 5 rings (SSSR count). The summed E-state index contributed by atoms with van der Waals surface area (Å²) in [5.41, 5.74) is 4.31. The standard InChI is InChI=1S/C22H21N3O4/c1-13-4-6-16(7-5-13)24-21-20(14(2)23-24)22(3)15(12-29-21)11-28-19-9-8-17(25(26)27)10-18(19)22/h4-10,15H,11-12H2,1-3H3/t15-,22+/m1/s1. The zero-order valence-corrected chi connectivity index (χ0v) is 16.5. The molecule has 0 saturated carbocycles. The van der Waals surface area contributed by atoms with Gasteiger partial charge in [0.15, 0.2) is 0 Å². The first-order chi connectivity index (χ1) is 13.9. The van der Waals surface area contributed by atoms with Crippen molar-refractivity contribution in [3.8, 4) is 17.3 Å². The summed E-state index contributed by atoms with van der Waals surface area (Å²) in [4.78, 5) is 11.0. The molecule has 2 aromatic carbocycles. The monoisotopic (exact) mass is 391 g/mol. The molecule has 0 amide bonds. The van der Waals surface area contributed by atoms with E-state index in [1.54, 1.807) is 12.1 Å². The summed E-state index contributed by atoms with van der Waals surface area (Å²) < 4.78 is 13.9. The van der Waals surface area contributed by atoms with Crippen molar-refractivity contribution in [1.29, 1.82) is 0 Å². The number of rotatable bonds is 2. The Balaban J connectivity index is 1.74. The third kappa shape index (κ3) is 2.46. The zero-order chi connectivity index (χ0) is 20.3. The number of fused-ring (bicyclic) bond motifs is 5. The van der Waals surface area contributed by atoms with E-state index in [0.717, 1.165) is 22.5 Å². The molecule has 148 valence electrons. The lowest BCUT2D eigenvalue weighted by Gasteiger charge is -2.45. The molecule has 7 heteroatoms. The average molecular weight is 391 g/mol. The van der Waals surface area contributed by atoms with E-state index in [4.69, 9.17) is 14.6 Å². The van der Waals surface area contributed by atoms with Gasteiger partial charge in [0.2, 0.25) is 5.88 Å². The smallest absolute Gasteiger partial charge is 0.270 e. The van der Waals surface area contributed by atoms with Crippen LogP contribution >= 0.6 is 0 Å². The lowest BCUT2D eigenvalue weighted by atomic mass is 9.65. The molecule has 1 aromatic heterocycles. The molecule has 29 heavy (non-hydrogen) atoms. The van der Waals surface area contributed by atoms with Crippen LogP contribution in [0.4, 0.5) is 5.69 Å². The Morgan fingerprint density at radius 2 is 1.86 bits per heavy atom. The van der Waals surface area contributed by atoms with Gasteiger partial charge in [-0.25, -0.2) is 4.68 Å².